The summed E-state index contributed by atoms with van der Waals surface area (Å²) in [5.41, 5.74) is 1.05. The van der Waals surface area contributed by atoms with Gasteiger partial charge < -0.3 is 5.32 Å². The topological polar surface area (TPSA) is 44.3 Å². The second kappa shape index (κ2) is 6.06. The van der Waals surface area contributed by atoms with Crippen molar-refractivity contribution in [1.82, 2.24) is 19.8 Å². The first-order valence-electron chi connectivity index (χ1n) is 7.79. The van der Waals surface area contributed by atoms with E-state index < -0.39 is 0 Å². The fourth-order valence-corrected chi connectivity index (χ4v) is 3.37. The molecule has 0 aliphatic carbocycles. The van der Waals surface area contributed by atoms with Crippen LogP contribution in [0, 0.1) is 6.92 Å². The summed E-state index contributed by atoms with van der Waals surface area (Å²) in [5, 5.41) is 3.29. The normalized spacial score (nSPS) is 23.8. The highest BCUT2D eigenvalue weighted by molar-refractivity contribution is 5.35. The lowest BCUT2D eigenvalue weighted by molar-refractivity contribution is 0.0974. The SMILES string of the molecule is CCNc1cc(C)nc(CN2CCN3CCCC3C2)n1. The first-order chi connectivity index (χ1) is 9.74. The van der Waals surface area contributed by atoms with E-state index in [1.165, 1.54) is 32.5 Å². The standard InChI is InChI=1S/C15H25N5/c1-3-16-14-9-12(2)17-15(18-14)11-19-7-8-20-6-4-5-13(20)10-19/h9,13H,3-8,10-11H2,1-2H3,(H,16,17,18). The van der Waals surface area contributed by atoms with Gasteiger partial charge in [0.15, 0.2) is 0 Å². The van der Waals surface area contributed by atoms with Crippen molar-refractivity contribution in [1.29, 1.82) is 0 Å². The summed E-state index contributed by atoms with van der Waals surface area (Å²) in [7, 11) is 0. The summed E-state index contributed by atoms with van der Waals surface area (Å²) in [5.74, 6) is 1.90. The zero-order valence-electron chi connectivity index (χ0n) is 12.6. The summed E-state index contributed by atoms with van der Waals surface area (Å²) in [6.45, 7) is 10.7. The molecule has 3 rings (SSSR count). The lowest BCUT2D eigenvalue weighted by Gasteiger charge is -2.37. The molecule has 5 nitrogen and oxygen atoms in total. The number of hydrogen-bond acceptors (Lipinski definition) is 5. The molecule has 1 aromatic heterocycles. The predicted molar refractivity (Wildman–Crippen MR) is 80.8 cm³/mol. The number of aromatic nitrogens is 2. The minimum atomic E-state index is 0.766. The summed E-state index contributed by atoms with van der Waals surface area (Å²) >= 11 is 0. The number of fused-ring (bicyclic) bond motifs is 1. The molecule has 2 aliphatic rings. The highest BCUT2D eigenvalue weighted by Gasteiger charge is 2.30. The Morgan fingerprint density at radius 3 is 3.05 bits per heavy atom. The van der Waals surface area contributed by atoms with Crippen molar-refractivity contribution in [2.45, 2.75) is 39.3 Å². The lowest BCUT2D eigenvalue weighted by Crippen LogP contribution is -2.49. The van der Waals surface area contributed by atoms with Gasteiger partial charge in [-0.1, -0.05) is 0 Å². The third-order valence-corrected chi connectivity index (χ3v) is 4.29. The Bertz CT molecular complexity index is 462. The molecule has 0 radical (unpaired) electrons. The molecule has 0 aromatic carbocycles. The number of piperazine rings is 1. The summed E-state index contributed by atoms with van der Waals surface area (Å²) < 4.78 is 0. The van der Waals surface area contributed by atoms with Gasteiger partial charge in [-0.2, -0.15) is 0 Å². The van der Waals surface area contributed by atoms with Gasteiger partial charge in [-0.3, -0.25) is 9.80 Å². The highest BCUT2D eigenvalue weighted by Crippen LogP contribution is 2.22. The van der Waals surface area contributed by atoms with E-state index in [0.29, 0.717) is 0 Å². The van der Waals surface area contributed by atoms with Crippen LogP contribution in [0.1, 0.15) is 31.3 Å². The number of rotatable bonds is 4. The van der Waals surface area contributed by atoms with Crippen LogP contribution in [0.5, 0.6) is 0 Å². The van der Waals surface area contributed by atoms with Crippen molar-refractivity contribution in [3.05, 3.63) is 17.6 Å². The zero-order valence-corrected chi connectivity index (χ0v) is 12.6. The van der Waals surface area contributed by atoms with Crippen LogP contribution in [0.25, 0.3) is 0 Å². The van der Waals surface area contributed by atoms with Crippen LogP contribution in [0.15, 0.2) is 6.07 Å². The van der Waals surface area contributed by atoms with Gasteiger partial charge in [0.25, 0.3) is 0 Å². The first kappa shape index (κ1) is 13.8. The van der Waals surface area contributed by atoms with E-state index in [-0.39, 0.29) is 0 Å². The van der Waals surface area contributed by atoms with E-state index in [0.717, 1.165) is 43.0 Å². The average Bonchev–Trinajstić information content (AvgIpc) is 2.85. The molecule has 1 aromatic rings. The molecule has 1 unspecified atom stereocenters. The van der Waals surface area contributed by atoms with Crippen LogP contribution in [0.2, 0.25) is 0 Å². The van der Waals surface area contributed by atoms with E-state index in [1.807, 2.05) is 13.0 Å². The molecule has 0 saturated carbocycles. The van der Waals surface area contributed by atoms with Gasteiger partial charge >= 0.3 is 0 Å². The molecule has 110 valence electrons. The molecule has 5 heteroatoms. The average molecular weight is 275 g/mol. The second-order valence-corrected chi connectivity index (χ2v) is 5.91. The molecule has 3 heterocycles. The molecule has 0 spiro atoms. The fraction of sp³-hybridized carbons (Fsp3) is 0.733. The predicted octanol–water partition coefficient (Wildman–Crippen LogP) is 1.50. The van der Waals surface area contributed by atoms with Crippen molar-refractivity contribution in [3.8, 4) is 0 Å². The molecular formula is C15H25N5. The molecule has 2 fully saturated rings. The van der Waals surface area contributed by atoms with Crippen molar-refractivity contribution >= 4 is 5.82 Å². The number of nitrogens with zero attached hydrogens (tertiary/aromatic N) is 4. The van der Waals surface area contributed by atoms with Gasteiger partial charge in [0, 0.05) is 44.0 Å². The second-order valence-electron chi connectivity index (χ2n) is 5.91. The molecule has 0 bridgehead atoms. The third-order valence-electron chi connectivity index (χ3n) is 4.29. The minimum Gasteiger partial charge on any atom is -0.370 e. The van der Waals surface area contributed by atoms with Crippen molar-refractivity contribution < 1.29 is 0 Å². The van der Waals surface area contributed by atoms with Crippen molar-refractivity contribution in [2.75, 3.05) is 38.0 Å². The van der Waals surface area contributed by atoms with Crippen LogP contribution >= 0.6 is 0 Å². The van der Waals surface area contributed by atoms with Crippen LogP contribution < -0.4 is 5.32 Å². The van der Waals surface area contributed by atoms with Crippen molar-refractivity contribution in [3.63, 3.8) is 0 Å². The van der Waals surface area contributed by atoms with Crippen LogP contribution in [0.4, 0.5) is 5.82 Å². The van der Waals surface area contributed by atoms with Crippen molar-refractivity contribution in [2.24, 2.45) is 0 Å². The lowest BCUT2D eigenvalue weighted by atomic mass is 10.1. The summed E-state index contributed by atoms with van der Waals surface area (Å²) in [4.78, 5) is 14.4. The number of hydrogen-bond donors (Lipinski definition) is 1. The Morgan fingerprint density at radius 1 is 1.30 bits per heavy atom. The van der Waals surface area contributed by atoms with E-state index >= 15 is 0 Å². The largest absolute Gasteiger partial charge is 0.370 e. The van der Waals surface area contributed by atoms with Crippen LogP contribution in [-0.2, 0) is 6.54 Å². The van der Waals surface area contributed by atoms with Gasteiger partial charge in [-0.15, -0.1) is 0 Å². The molecule has 1 atom stereocenters. The van der Waals surface area contributed by atoms with E-state index in [4.69, 9.17) is 0 Å². The Hall–Kier alpha value is -1.20. The van der Waals surface area contributed by atoms with E-state index in [1.54, 1.807) is 0 Å². The molecule has 0 amide bonds. The monoisotopic (exact) mass is 275 g/mol. The summed E-state index contributed by atoms with van der Waals surface area (Å²) in [6, 6.07) is 2.78. The van der Waals surface area contributed by atoms with Gasteiger partial charge in [-0.05, 0) is 33.2 Å². The number of anilines is 1. The maximum atomic E-state index is 4.63. The first-order valence-corrected chi connectivity index (χ1v) is 7.79. The van der Waals surface area contributed by atoms with Gasteiger partial charge in [0.05, 0.1) is 6.54 Å². The van der Waals surface area contributed by atoms with Gasteiger partial charge in [0.1, 0.15) is 11.6 Å². The molecule has 2 saturated heterocycles. The minimum absolute atomic E-state index is 0.766. The molecule has 2 aliphatic heterocycles. The fourth-order valence-electron chi connectivity index (χ4n) is 3.37. The van der Waals surface area contributed by atoms with E-state index in [9.17, 15) is 0 Å². The Balaban J connectivity index is 1.65. The molecular weight excluding hydrogens is 250 g/mol. The Morgan fingerprint density at radius 2 is 2.20 bits per heavy atom. The van der Waals surface area contributed by atoms with E-state index in [2.05, 4.69) is 32.0 Å². The molecule has 1 N–H and O–H groups in total. The van der Waals surface area contributed by atoms with Crippen LogP contribution in [0.3, 0.4) is 0 Å². The Kier molecular flexibility index (Phi) is 4.17. The van der Waals surface area contributed by atoms with Gasteiger partial charge in [0.2, 0.25) is 0 Å². The number of aryl methyl sites for hydroxylation is 1. The Labute approximate surface area is 121 Å². The smallest absolute Gasteiger partial charge is 0.144 e. The maximum absolute atomic E-state index is 4.63. The zero-order chi connectivity index (χ0) is 13.9. The maximum Gasteiger partial charge on any atom is 0.144 e. The number of nitrogens with one attached hydrogen (secondary N) is 1. The van der Waals surface area contributed by atoms with Gasteiger partial charge in [-0.25, -0.2) is 9.97 Å². The van der Waals surface area contributed by atoms with Crippen LogP contribution in [-0.4, -0.2) is 58.5 Å². The summed E-state index contributed by atoms with van der Waals surface area (Å²) in [6.07, 6.45) is 2.72. The third kappa shape index (κ3) is 3.10. The quantitative estimate of drug-likeness (QED) is 0.902. The highest BCUT2D eigenvalue weighted by atomic mass is 15.3. The molecule has 20 heavy (non-hydrogen) atoms.